The number of piperidine rings is 1. The number of hydrogen-bond acceptors (Lipinski definition) is 4. The summed E-state index contributed by atoms with van der Waals surface area (Å²) in [5.74, 6) is 1.60. The molecule has 4 heteroatoms. The van der Waals surface area contributed by atoms with Gasteiger partial charge in [0.25, 0.3) is 0 Å². The number of benzene rings is 1. The molecule has 2 aliphatic heterocycles. The van der Waals surface area contributed by atoms with Crippen molar-refractivity contribution in [3.05, 3.63) is 24.3 Å². The second kappa shape index (κ2) is 5.26. The van der Waals surface area contributed by atoms with Crippen LogP contribution in [0.4, 0.5) is 5.69 Å². The molecule has 0 radical (unpaired) electrons. The lowest BCUT2D eigenvalue weighted by molar-refractivity contribution is 0.167. The number of rotatable bonds is 4. The van der Waals surface area contributed by atoms with E-state index in [4.69, 9.17) is 10.5 Å². The van der Waals surface area contributed by atoms with Gasteiger partial charge >= 0.3 is 0 Å². The van der Waals surface area contributed by atoms with Gasteiger partial charge in [-0.2, -0.15) is 0 Å². The number of nitrogens with two attached hydrogens (primary N) is 1. The molecule has 0 aliphatic carbocycles. The molecule has 4 nitrogen and oxygen atoms in total. The number of ether oxygens (including phenoxy) is 1. The molecule has 3 unspecified atom stereocenters. The summed E-state index contributed by atoms with van der Waals surface area (Å²) in [6.07, 6.45) is 2.40. The van der Waals surface area contributed by atoms with Crippen LogP contribution in [0.15, 0.2) is 24.3 Å². The zero-order valence-electron chi connectivity index (χ0n) is 12.5. The molecule has 2 bridgehead atoms. The van der Waals surface area contributed by atoms with Crippen molar-refractivity contribution in [1.29, 1.82) is 0 Å². The third-order valence-corrected chi connectivity index (χ3v) is 5.36. The summed E-state index contributed by atoms with van der Waals surface area (Å²) in [5, 5.41) is 0. The van der Waals surface area contributed by atoms with Crippen molar-refractivity contribution in [2.45, 2.75) is 18.4 Å². The first-order chi connectivity index (χ1) is 9.71. The Kier molecular flexibility index (Phi) is 3.61. The van der Waals surface area contributed by atoms with Crippen molar-refractivity contribution >= 4 is 5.69 Å². The van der Waals surface area contributed by atoms with E-state index in [1.807, 2.05) is 12.1 Å². The SMILES string of the molecule is COc1ccccc1N(C)C1(CN)CCN2CCC1C2. The van der Waals surface area contributed by atoms with E-state index in [0.29, 0.717) is 12.5 Å². The van der Waals surface area contributed by atoms with Gasteiger partial charge in [0.2, 0.25) is 0 Å². The molecule has 3 atom stereocenters. The standard InChI is InChI=1S/C16H25N3O/c1-18(14-5-3-4-6-15(14)20-2)16(12-17)8-10-19-9-7-13(16)11-19/h3-6,13H,7-12,17H2,1-2H3. The van der Waals surface area contributed by atoms with Gasteiger partial charge in [0.1, 0.15) is 5.75 Å². The van der Waals surface area contributed by atoms with E-state index >= 15 is 0 Å². The van der Waals surface area contributed by atoms with E-state index in [9.17, 15) is 0 Å². The molecule has 20 heavy (non-hydrogen) atoms. The fourth-order valence-electron chi connectivity index (χ4n) is 4.02. The predicted octanol–water partition coefficient (Wildman–Crippen LogP) is 1.55. The highest BCUT2D eigenvalue weighted by atomic mass is 16.5. The Morgan fingerprint density at radius 3 is 2.95 bits per heavy atom. The van der Waals surface area contributed by atoms with Gasteiger partial charge < -0.3 is 20.3 Å². The average Bonchev–Trinajstić information content (AvgIpc) is 2.91. The Balaban J connectivity index is 1.96. The summed E-state index contributed by atoms with van der Waals surface area (Å²) in [7, 11) is 3.92. The molecule has 2 fully saturated rings. The Bertz CT molecular complexity index is 479. The molecule has 2 heterocycles. The molecule has 2 aliphatic rings. The highest BCUT2D eigenvalue weighted by Gasteiger charge is 2.48. The van der Waals surface area contributed by atoms with Crippen LogP contribution < -0.4 is 15.4 Å². The van der Waals surface area contributed by atoms with Crippen molar-refractivity contribution < 1.29 is 4.74 Å². The lowest BCUT2D eigenvalue weighted by Gasteiger charge is -2.49. The van der Waals surface area contributed by atoms with E-state index in [2.05, 4.69) is 29.0 Å². The predicted molar refractivity (Wildman–Crippen MR) is 82.3 cm³/mol. The van der Waals surface area contributed by atoms with Gasteiger partial charge in [0.05, 0.1) is 18.3 Å². The van der Waals surface area contributed by atoms with Crippen molar-refractivity contribution in [2.75, 3.05) is 45.2 Å². The normalized spacial score (nSPS) is 32.1. The quantitative estimate of drug-likeness (QED) is 0.905. The second-order valence-corrected chi connectivity index (χ2v) is 6.07. The number of likely N-dealkylation sites (N-methyl/N-ethyl adjacent to an activating group) is 1. The molecule has 0 spiro atoms. The number of hydrogen-bond donors (Lipinski definition) is 1. The van der Waals surface area contributed by atoms with Gasteiger partial charge in [-0.3, -0.25) is 0 Å². The van der Waals surface area contributed by atoms with Crippen LogP contribution in [-0.2, 0) is 0 Å². The molecule has 3 rings (SSSR count). The number of anilines is 1. The average molecular weight is 275 g/mol. The molecular weight excluding hydrogens is 250 g/mol. The van der Waals surface area contributed by atoms with Crippen LogP contribution in [0.5, 0.6) is 5.75 Å². The maximum Gasteiger partial charge on any atom is 0.142 e. The molecule has 2 saturated heterocycles. The fourth-order valence-corrected chi connectivity index (χ4v) is 4.02. The summed E-state index contributed by atoms with van der Waals surface area (Å²) < 4.78 is 5.53. The molecule has 110 valence electrons. The Hall–Kier alpha value is -1.26. The molecule has 0 amide bonds. The Morgan fingerprint density at radius 2 is 2.20 bits per heavy atom. The third kappa shape index (κ3) is 1.98. The largest absolute Gasteiger partial charge is 0.495 e. The zero-order valence-corrected chi connectivity index (χ0v) is 12.5. The number of para-hydroxylation sites is 2. The van der Waals surface area contributed by atoms with Gasteiger partial charge in [-0.15, -0.1) is 0 Å². The summed E-state index contributed by atoms with van der Waals surface area (Å²) in [5.41, 5.74) is 7.48. The Morgan fingerprint density at radius 1 is 1.40 bits per heavy atom. The zero-order chi connectivity index (χ0) is 14.2. The van der Waals surface area contributed by atoms with Crippen LogP contribution >= 0.6 is 0 Å². The number of fused-ring (bicyclic) bond motifs is 2. The summed E-state index contributed by atoms with van der Waals surface area (Å²) >= 11 is 0. The summed E-state index contributed by atoms with van der Waals surface area (Å²) in [6.45, 7) is 4.29. The van der Waals surface area contributed by atoms with Crippen molar-refractivity contribution in [3.8, 4) is 5.75 Å². The smallest absolute Gasteiger partial charge is 0.142 e. The highest BCUT2D eigenvalue weighted by molar-refractivity contribution is 5.60. The maximum atomic E-state index is 6.25. The highest BCUT2D eigenvalue weighted by Crippen LogP contribution is 2.42. The van der Waals surface area contributed by atoms with E-state index < -0.39 is 0 Å². The van der Waals surface area contributed by atoms with Gasteiger partial charge in [-0.05, 0) is 37.4 Å². The van der Waals surface area contributed by atoms with Gasteiger partial charge in [0.15, 0.2) is 0 Å². The van der Waals surface area contributed by atoms with Crippen LogP contribution in [0.2, 0.25) is 0 Å². The van der Waals surface area contributed by atoms with E-state index in [1.54, 1.807) is 7.11 Å². The van der Waals surface area contributed by atoms with Crippen molar-refractivity contribution in [2.24, 2.45) is 11.7 Å². The van der Waals surface area contributed by atoms with Gasteiger partial charge in [0, 0.05) is 26.7 Å². The molecule has 0 saturated carbocycles. The van der Waals surface area contributed by atoms with Crippen molar-refractivity contribution in [1.82, 2.24) is 4.90 Å². The van der Waals surface area contributed by atoms with Gasteiger partial charge in [-0.25, -0.2) is 0 Å². The molecule has 1 aromatic rings. The topological polar surface area (TPSA) is 41.7 Å². The second-order valence-electron chi connectivity index (χ2n) is 6.07. The monoisotopic (exact) mass is 275 g/mol. The van der Waals surface area contributed by atoms with E-state index in [0.717, 1.165) is 24.4 Å². The first kappa shape index (κ1) is 13.7. The Labute approximate surface area is 121 Å². The van der Waals surface area contributed by atoms with Crippen LogP contribution in [0.25, 0.3) is 0 Å². The van der Waals surface area contributed by atoms with E-state index in [-0.39, 0.29) is 5.54 Å². The summed E-state index contributed by atoms with van der Waals surface area (Å²) in [4.78, 5) is 4.95. The lowest BCUT2D eigenvalue weighted by Crippen LogP contribution is -2.61. The first-order valence-electron chi connectivity index (χ1n) is 7.50. The van der Waals surface area contributed by atoms with Crippen LogP contribution in [0.1, 0.15) is 12.8 Å². The molecular formula is C16H25N3O. The third-order valence-electron chi connectivity index (χ3n) is 5.36. The minimum atomic E-state index is 0.0711. The molecule has 0 aromatic heterocycles. The minimum absolute atomic E-state index is 0.0711. The first-order valence-corrected chi connectivity index (χ1v) is 7.50. The van der Waals surface area contributed by atoms with Crippen LogP contribution in [0.3, 0.4) is 0 Å². The lowest BCUT2D eigenvalue weighted by atomic mass is 9.77. The minimum Gasteiger partial charge on any atom is -0.495 e. The van der Waals surface area contributed by atoms with Crippen LogP contribution in [-0.4, -0.2) is 50.8 Å². The van der Waals surface area contributed by atoms with E-state index in [1.165, 1.54) is 19.5 Å². The maximum absolute atomic E-state index is 6.25. The van der Waals surface area contributed by atoms with Crippen LogP contribution in [0, 0.1) is 5.92 Å². The summed E-state index contributed by atoms with van der Waals surface area (Å²) in [6, 6.07) is 8.25. The molecule has 2 N–H and O–H groups in total. The molecule has 1 aromatic carbocycles. The fraction of sp³-hybridized carbons (Fsp3) is 0.625. The van der Waals surface area contributed by atoms with Gasteiger partial charge in [-0.1, -0.05) is 12.1 Å². The number of nitrogens with zero attached hydrogens (tertiary/aromatic N) is 2. The van der Waals surface area contributed by atoms with Crippen molar-refractivity contribution in [3.63, 3.8) is 0 Å². The number of methoxy groups -OCH3 is 1.